The highest BCUT2D eigenvalue weighted by Crippen LogP contribution is 2.14. The van der Waals surface area contributed by atoms with Gasteiger partial charge in [0.1, 0.15) is 0 Å². The summed E-state index contributed by atoms with van der Waals surface area (Å²) >= 11 is 0. The van der Waals surface area contributed by atoms with Gasteiger partial charge >= 0.3 is 0 Å². The van der Waals surface area contributed by atoms with Crippen molar-refractivity contribution in [3.8, 4) is 5.69 Å². The van der Waals surface area contributed by atoms with Crippen molar-refractivity contribution in [1.82, 2.24) is 9.78 Å². The number of nitrogens with zero attached hydrogens (tertiary/aromatic N) is 2. The lowest BCUT2D eigenvalue weighted by atomic mass is 10.1. The molecule has 0 saturated carbocycles. The van der Waals surface area contributed by atoms with Crippen LogP contribution in [0.3, 0.4) is 0 Å². The lowest BCUT2D eigenvalue weighted by molar-refractivity contribution is -0.255. The molecule has 0 spiro atoms. The molecular weight excluding hydrogens is 268 g/mol. The van der Waals surface area contributed by atoms with Crippen molar-refractivity contribution in [2.24, 2.45) is 0 Å². The molecule has 0 aliphatic heterocycles. The molecule has 0 N–H and O–H groups in total. The summed E-state index contributed by atoms with van der Waals surface area (Å²) in [6, 6.07) is 13.1. The summed E-state index contributed by atoms with van der Waals surface area (Å²) in [6.45, 7) is 1.83. The van der Waals surface area contributed by atoms with Crippen LogP contribution in [0.1, 0.15) is 16.1 Å². The topological polar surface area (TPSA) is 75.0 Å². The van der Waals surface area contributed by atoms with Crippen molar-refractivity contribution in [1.29, 1.82) is 0 Å². The fraction of sp³-hybridized carbons (Fsp3) is 0.0625. The number of benzene rings is 2. The van der Waals surface area contributed by atoms with Crippen molar-refractivity contribution < 1.29 is 9.90 Å². The average Bonchev–Trinajstić information content (AvgIpc) is 2.51. The zero-order valence-electron chi connectivity index (χ0n) is 11.2. The Kier molecular flexibility index (Phi) is 3.02. The van der Waals surface area contributed by atoms with E-state index in [9.17, 15) is 14.7 Å². The molecule has 0 amide bonds. The molecule has 0 radical (unpaired) electrons. The maximum atomic E-state index is 12.5. The van der Waals surface area contributed by atoms with Gasteiger partial charge < -0.3 is 9.90 Å². The normalized spacial score (nSPS) is 10.7. The summed E-state index contributed by atoms with van der Waals surface area (Å²) < 4.78 is 1.27. The van der Waals surface area contributed by atoms with Crippen molar-refractivity contribution in [2.75, 3.05) is 0 Å². The third-order valence-corrected chi connectivity index (χ3v) is 3.34. The van der Waals surface area contributed by atoms with Crippen LogP contribution in [0.15, 0.2) is 53.3 Å². The minimum atomic E-state index is -1.25. The number of aryl methyl sites for hydroxylation is 1. The van der Waals surface area contributed by atoms with E-state index < -0.39 is 5.97 Å². The molecule has 0 saturated heterocycles. The van der Waals surface area contributed by atoms with E-state index in [1.165, 1.54) is 28.9 Å². The van der Waals surface area contributed by atoms with Gasteiger partial charge in [0.25, 0.3) is 5.56 Å². The summed E-state index contributed by atoms with van der Waals surface area (Å²) in [7, 11) is 0. The van der Waals surface area contributed by atoms with Gasteiger partial charge in [-0.25, -0.2) is 0 Å². The molecule has 3 rings (SSSR count). The minimum absolute atomic E-state index is 0.0595. The quantitative estimate of drug-likeness (QED) is 0.703. The summed E-state index contributed by atoms with van der Waals surface area (Å²) in [5.74, 6) is -1.25. The summed E-state index contributed by atoms with van der Waals surface area (Å²) in [5, 5.41) is 16.4. The van der Waals surface area contributed by atoms with Crippen LogP contribution in [-0.2, 0) is 0 Å². The lowest BCUT2D eigenvalue weighted by Crippen LogP contribution is -2.24. The molecule has 0 unspecified atom stereocenters. The molecule has 2 aromatic carbocycles. The van der Waals surface area contributed by atoms with Crippen LogP contribution < -0.4 is 10.7 Å². The van der Waals surface area contributed by atoms with E-state index in [-0.39, 0.29) is 11.1 Å². The number of carboxylic acids is 1. The van der Waals surface area contributed by atoms with E-state index in [1.807, 2.05) is 19.1 Å². The number of carbonyl (C=O) groups excluding carboxylic acids is 1. The Labute approximate surface area is 120 Å². The molecule has 104 valence electrons. The predicted octanol–water partition coefficient (Wildman–Crippen LogP) is 1.06. The standard InChI is InChI=1S/C16H12N2O3/c1-10-13-4-2-3-5-14(13)15(19)18(17-10)12-8-6-11(7-9-12)16(20)21/h2-9H,1H3,(H,20,21)/p-1. The van der Waals surface area contributed by atoms with Crippen molar-refractivity contribution in [3.63, 3.8) is 0 Å². The first-order valence-corrected chi connectivity index (χ1v) is 6.38. The van der Waals surface area contributed by atoms with Gasteiger partial charge in [-0.2, -0.15) is 9.78 Å². The number of fused-ring (bicyclic) bond motifs is 1. The van der Waals surface area contributed by atoms with Gasteiger partial charge in [-0.1, -0.05) is 30.3 Å². The second-order valence-electron chi connectivity index (χ2n) is 4.68. The molecule has 21 heavy (non-hydrogen) atoms. The van der Waals surface area contributed by atoms with Crippen LogP contribution in [0.5, 0.6) is 0 Å². The molecule has 1 heterocycles. The van der Waals surface area contributed by atoms with Gasteiger partial charge in [0.05, 0.1) is 22.7 Å². The van der Waals surface area contributed by atoms with Crippen LogP contribution in [0.2, 0.25) is 0 Å². The number of hydrogen-bond acceptors (Lipinski definition) is 4. The molecule has 0 atom stereocenters. The number of aromatic carboxylic acids is 1. The average molecular weight is 279 g/mol. The van der Waals surface area contributed by atoms with E-state index in [0.717, 1.165) is 11.1 Å². The van der Waals surface area contributed by atoms with Crippen molar-refractivity contribution >= 4 is 16.7 Å². The van der Waals surface area contributed by atoms with Crippen LogP contribution in [0, 0.1) is 6.92 Å². The Morgan fingerprint density at radius 3 is 2.29 bits per heavy atom. The van der Waals surface area contributed by atoms with Gasteiger partial charge in [0.2, 0.25) is 0 Å². The molecule has 0 fully saturated rings. The zero-order valence-corrected chi connectivity index (χ0v) is 11.2. The molecule has 0 aliphatic carbocycles. The predicted molar refractivity (Wildman–Crippen MR) is 76.4 cm³/mol. The first-order chi connectivity index (χ1) is 10.1. The Bertz CT molecular complexity index is 896. The van der Waals surface area contributed by atoms with Crippen LogP contribution >= 0.6 is 0 Å². The number of carbonyl (C=O) groups is 1. The largest absolute Gasteiger partial charge is 0.545 e. The van der Waals surface area contributed by atoms with Gasteiger partial charge in [0.15, 0.2) is 0 Å². The van der Waals surface area contributed by atoms with Crippen LogP contribution in [0.25, 0.3) is 16.5 Å². The Balaban J connectivity index is 2.23. The van der Waals surface area contributed by atoms with Crippen molar-refractivity contribution in [2.45, 2.75) is 6.92 Å². The van der Waals surface area contributed by atoms with Gasteiger partial charge in [-0.05, 0) is 30.7 Å². The molecule has 0 aliphatic rings. The maximum absolute atomic E-state index is 12.5. The molecule has 1 aromatic heterocycles. The van der Waals surface area contributed by atoms with Gasteiger partial charge in [-0.3, -0.25) is 4.79 Å². The Hall–Kier alpha value is -2.95. The van der Waals surface area contributed by atoms with E-state index in [4.69, 9.17) is 0 Å². The minimum Gasteiger partial charge on any atom is -0.545 e. The first-order valence-electron chi connectivity index (χ1n) is 6.38. The second kappa shape index (κ2) is 4.86. The fourth-order valence-electron chi connectivity index (χ4n) is 2.26. The SMILES string of the molecule is Cc1nn(-c2ccc(C(=O)[O-])cc2)c(=O)c2ccccc12. The van der Waals surface area contributed by atoms with Gasteiger partial charge in [0, 0.05) is 5.39 Å². The monoisotopic (exact) mass is 279 g/mol. The summed E-state index contributed by atoms with van der Waals surface area (Å²) in [5.41, 5.74) is 1.06. The Morgan fingerprint density at radius 2 is 1.67 bits per heavy atom. The fourth-order valence-corrected chi connectivity index (χ4v) is 2.26. The Morgan fingerprint density at radius 1 is 1.05 bits per heavy atom. The molecule has 3 aromatic rings. The molecule has 0 bridgehead atoms. The van der Waals surface area contributed by atoms with E-state index in [2.05, 4.69) is 5.10 Å². The van der Waals surface area contributed by atoms with Crippen LogP contribution in [-0.4, -0.2) is 15.7 Å². The van der Waals surface area contributed by atoms with E-state index in [0.29, 0.717) is 11.1 Å². The van der Waals surface area contributed by atoms with Crippen LogP contribution in [0.4, 0.5) is 0 Å². The second-order valence-corrected chi connectivity index (χ2v) is 4.68. The highest BCUT2D eigenvalue weighted by molar-refractivity contribution is 5.86. The third kappa shape index (κ3) is 2.18. The zero-order chi connectivity index (χ0) is 15.0. The highest BCUT2D eigenvalue weighted by atomic mass is 16.4. The summed E-state index contributed by atoms with van der Waals surface area (Å²) in [6.07, 6.45) is 0. The highest BCUT2D eigenvalue weighted by Gasteiger charge is 2.08. The number of aromatic nitrogens is 2. The molecular formula is C16H11N2O3-. The lowest BCUT2D eigenvalue weighted by Gasteiger charge is -2.09. The number of hydrogen-bond donors (Lipinski definition) is 0. The van der Waals surface area contributed by atoms with E-state index in [1.54, 1.807) is 12.1 Å². The first kappa shape index (κ1) is 13.1. The summed E-state index contributed by atoms with van der Waals surface area (Å²) in [4.78, 5) is 23.2. The van der Waals surface area contributed by atoms with E-state index >= 15 is 0 Å². The number of rotatable bonds is 2. The van der Waals surface area contributed by atoms with Gasteiger partial charge in [-0.15, -0.1) is 0 Å². The van der Waals surface area contributed by atoms with Crippen molar-refractivity contribution in [3.05, 3.63) is 70.1 Å². The number of carboxylic acid groups (broad SMARTS) is 1. The molecule has 5 heteroatoms. The molecule has 5 nitrogen and oxygen atoms in total. The maximum Gasteiger partial charge on any atom is 0.279 e. The third-order valence-electron chi connectivity index (χ3n) is 3.34. The smallest absolute Gasteiger partial charge is 0.279 e.